The van der Waals surface area contributed by atoms with Gasteiger partial charge >= 0.3 is 0 Å². The van der Waals surface area contributed by atoms with Gasteiger partial charge < -0.3 is 20.1 Å². The summed E-state index contributed by atoms with van der Waals surface area (Å²) in [6, 6.07) is 0. The second-order valence-electron chi connectivity index (χ2n) is 11.7. The fraction of sp³-hybridized carbons (Fsp3) is 1.00. The highest BCUT2D eigenvalue weighted by atomic mass is 16.6. The van der Waals surface area contributed by atoms with Crippen LogP contribution in [0, 0.1) is 46.3 Å². The van der Waals surface area contributed by atoms with E-state index in [0.717, 1.165) is 44.9 Å². The second-order valence-corrected chi connectivity index (χ2v) is 11.7. The zero-order valence-corrected chi connectivity index (χ0v) is 18.1. The maximum absolute atomic E-state index is 11.5. The molecule has 4 nitrogen and oxygen atoms in total. The van der Waals surface area contributed by atoms with Gasteiger partial charge in [0.25, 0.3) is 0 Å². The molecule has 4 heteroatoms. The van der Waals surface area contributed by atoms with Gasteiger partial charge in [0, 0.05) is 0 Å². The van der Waals surface area contributed by atoms with Gasteiger partial charge in [-0.15, -0.1) is 0 Å². The van der Waals surface area contributed by atoms with Crippen LogP contribution in [0.15, 0.2) is 0 Å². The van der Waals surface area contributed by atoms with Gasteiger partial charge in [-0.25, -0.2) is 0 Å². The number of hydrogen-bond acceptors (Lipinski definition) is 4. The molecule has 0 aromatic heterocycles. The molecule has 4 aliphatic carbocycles. The van der Waals surface area contributed by atoms with Crippen molar-refractivity contribution < 1.29 is 20.1 Å². The Bertz CT molecular complexity index is 624. The third-order valence-electron chi connectivity index (χ3n) is 10.7. The van der Waals surface area contributed by atoms with Crippen LogP contribution in [0.5, 0.6) is 0 Å². The first kappa shape index (κ1) is 19.8. The Balaban J connectivity index is 1.46. The first-order valence-electron chi connectivity index (χ1n) is 11.9. The molecule has 3 N–H and O–H groups in total. The Morgan fingerprint density at radius 2 is 1.68 bits per heavy atom. The van der Waals surface area contributed by atoms with Gasteiger partial charge in [-0.1, -0.05) is 20.8 Å². The minimum Gasteiger partial charge on any atom is -0.393 e. The van der Waals surface area contributed by atoms with Gasteiger partial charge in [0.15, 0.2) is 0 Å². The van der Waals surface area contributed by atoms with Crippen LogP contribution >= 0.6 is 0 Å². The zero-order valence-electron chi connectivity index (χ0n) is 18.1. The minimum absolute atomic E-state index is 0.107. The molecule has 1 aliphatic heterocycles. The first-order chi connectivity index (χ1) is 13.2. The van der Waals surface area contributed by atoms with Crippen molar-refractivity contribution >= 4 is 0 Å². The van der Waals surface area contributed by atoms with Gasteiger partial charge in [0.05, 0.1) is 30.5 Å². The summed E-state index contributed by atoms with van der Waals surface area (Å²) in [7, 11) is 0. The molecule has 28 heavy (non-hydrogen) atoms. The summed E-state index contributed by atoms with van der Waals surface area (Å²) < 4.78 is 5.82. The third-order valence-corrected chi connectivity index (χ3v) is 10.7. The molecular formula is C24H40O4. The van der Waals surface area contributed by atoms with E-state index in [1.807, 2.05) is 0 Å². The van der Waals surface area contributed by atoms with Crippen LogP contribution in [0.4, 0.5) is 0 Å². The fourth-order valence-corrected chi connectivity index (χ4v) is 9.05. The predicted molar refractivity (Wildman–Crippen MR) is 108 cm³/mol. The standard InChI is InChI=1S/C24H40O4/c1-12(22-13(2)28-22)16-5-6-17-21-18(11-20(27)24(16,17)4)23(3)8-7-15(25)9-14(23)10-19(21)26/h12-22,25-27H,5-11H2,1-4H3/t12-,13+,14-,15+,16+,17-,18-,19+,20-,21-,22+,23-,24+/m0/s1. The molecule has 160 valence electrons. The van der Waals surface area contributed by atoms with E-state index in [1.165, 1.54) is 0 Å². The molecule has 0 unspecified atom stereocenters. The lowest BCUT2D eigenvalue weighted by Gasteiger charge is -2.63. The normalized spacial score (nSPS) is 61.8. The molecule has 5 fully saturated rings. The summed E-state index contributed by atoms with van der Waals surface area (Å²) in [5.74, 6) is 2.44. The summed E-state index contributed by atoms with van der Waals surface area (Å²) >= 11 is 0. The summed E-state index contributed by atoms with van der Waals surface area (Å²) in [5.41, 5.74) is 0.0495. The number of epoxide rings is 1. The monoisotopic (exact) mass is 392 g/mol. The highest BCUT2D eigenvalue weighted by Crippen LogP contribution is 2.68. The van der Waals surface area contributed by atoms with Gasteiger partial charge in [-0.05, 0) is 98.2 Å². The van der Waals surface area contributed by atoms with E-state index in [4.69, 9.17) is 4.74 Å². The van der Waals surface area contributed by atoms with Crippen molar-refractivity contribution in [3.05, 3.63) is 0 Å². The molecule has 0 amide bonds. The number of aliphatic hydroxyl groups excluding tert-OH is 3. The Morgan fingerprint density at radius 1 is 0.964 bits per heavy atom. The Kier molecular flexibility index (Phi) is 4.53. The largest absolute Gasteiger partial charge is 0.393 e. The number of fused-ring (bicyclic) bond motifs is 5. The van der Waals surface area contributed by atoms with Crippen molar-refractivity contribution in [1.29, 1.82) is 0 Å². The fourth-order valence-electron chi connectivity index (χ4n) is 9.05. The Hall–Kier alpha value is -0.160. The Labute approximate surface area is 170 Å². The summed E-state index contributed by atoms with van der Waals surface area (Å²) in [6.45, 7) is 9.21. The molecule has 13 atom stereocenters. The molecule has 5 rings (SSSR count). The van der Waals surface area contributed by atoms with Crippen LogP contribution in [0.1, 0.15) is 72.6 Å². The van der Waals surface area contributed by atoms with Crippen molar-refractivity contribution in [2.75, 3.05) is 0 Å². The Morgan fingerprint density at radius 3 is 2.36 bits per heavy atom. The topological polar surface area (TPSA) is 73.2 Å². The van der Waals surface area contributed by atoms with E-state index in [-0.39, 0.29) is 29.1 Å². The van der Waals surface area contributed by atoms with Gasteiger partial charge in [0.1, 0.15) is 0 Å². The average molecular weight is 393 g/mol. The zero-order chi connectivity index (χ0) is 20.0. The molecule has 1 saturated heterocycles. The molecule has 0 aromatic carbocycles. The van der Waals surface area contributed by atoms with Crippen LogP contribution in [0.25, 0.3) is 0 Å². The lowest BCUT2D eigenvalue weighted by molar-refractivity contribution is -0.207. The number of hydrogen-bond donors (Lipinski definition) is 3. The molecule has 4 saturated carbocycles. The van der Waals surface area contributed by atoms with Crippen LogP contribution in [-0.2, 0) is 4.74 Å². The van der Waals surface area contributed by atoms with E-state index in [9.17, 15) is 15.3 Å². The van der Waals surface area contributed by atoms with Crippen LogP contribution in [0.2, 0.25) is 0 Å². The lowest BCUT2D eigenvalue weighted by atomic mass is 9.43. The molecule has 0 spiro atoms. The van der Waals surface area contributed by atoms with Crippen LogP contribution in [-0.4, -0.2) is 45.8 Å². The van der Waals surface area contributed by atoms with E-state index >= 15 is 0 Å². The van der Waals surface area contributed by atoms with Gasteiger partial charge in [0.2, 0.25) is 0 Å². The molecule has 0 radical (unpaired) electrons. The quantitative estimate of drug-likeness (QED) is 0.630. The highest BCUT2D eigenvalue weighted by molar-refractivity contribution is 5.15. The first-order valence-corrected chi connectivity index (χ1v) is 11.9. The summed E-state index contributed by atoms with van der Waals surface area (Å²) in [6.07, 6.45) is 6.60. The molecule has 0 aromatic rings. The lowest BCUT2D eigenvalue weighted by Crippen LogP contribution is -2.62. The number of aliphatic hydroxyl groups is 3. The van der Waals surface area contributed by atoms with Crippen molar-refractivity contribution in [1.82, 2.24) is 0 Å². The summed E-state index contributed by atoms with van der Waals surface area (Å²) in [4.78, 5) is 0. The van der Waals surface area contributed by atoms with Crippen LogP contribution in [0.3, 0.4) is 0 Å². The predicted octanol–water partition coefficient (Wildman–Crippen LogP) is 3.37. The summed E-state index contributed by atoms with van der Waals surface area (Å²) in [5, 5.41) is 33.0. The van der Waals surface area contributed by atoms with Crippen LogP contribution < -0.4 is 0 Å². The molecular weight excluding hydrogens is 352 g/mol. The molecule has 1 heterocycles. The average Bonchev–Trinajstić information content (AvgIpc) is 3.26. The maximum atomic E-state index is 11.5. The van der Waals surface area contributed by atoms with Crippen molar-refractivity contribution in [2.45, 2.75) is 103 Å². The van der Waals surface area contributed by atoms with Crippen molar-refractivity contribution in [3.63, 3.8) is 0 Å². The van der Waals surface area contributed by atoms with E-state index in [0.29, 0.717) is 47.7 Å². The second kappa shape index (κ2) is 6.42. The van der Waals surface area contributed by atoms with E-state index in [2.05, 4.69) is 27.7 Å². The minimum atomic E-state index is -0.294. The van der Waals surface area contributed by atoms with E-state index in [1.54, 1.807) is 0 Å². The third kappa shape index (κ3) is 2.57. The smallest absolute Gasteiger partial charge is 0.0867 e. The molecule has 0 bridgehead atoms. The SMILES string of the molecule is C[C@H]([C@H]1O[C@@H]1C)[C@H]1CC[C@H]2[C@@H]3[C@H](O)C[C@@H]4C[C@H](O)CC[C@]4(C)[C@H]3C[C@H](O)[C@]12C. The van der Waals surface area contributed by atoms with E-state index < -0.39 is 0 Å². The van der Waals surface area contributed by atoms with Gasteiger partial charge in [-0.3, -0.25) is 0 Å². The van der Waals surface area contributed by atoms with Gasteiger partial charge in [-0.2, -0.15) is 0 Å². The number of rotatable bonds is 2. The van der Waals surface area contributed by atoms with Crippen molar-refractivity contribution in [2.24, 2.45) is 46.3 Å². The number of ether oxygens (including phenoxy) is 1. The molecule has 5 aliphatic rings. The van der Waals surface area contributed by atoms with Crippen molar-refractivity contribution in [3.8, 4) is 0 Å². The highest BCUT2D eigenvalue weighted by Gasteiger charge is 2.66. The maximum Gasteiger partial charge on any atom is 0.0867 e.